The summed E-state index contributed by atoms with van der Waals surface area (Å²) in [5.74, 6) is 0.118. The minimum atomic E-state index is 0.118. The van der Waals surface area contributed by atoms with Crippen LogP contribution in [0.3, 0.4) is 0 Å². The topological polar surface area (TPSA) is 35.6 Å². The molecule has 1 N–H and O–H groups in total. The molecule has 2 aromatic rings. The number of fused-ring (bicyclic) bond motifs is 1. The van der Waals surface area contributed by atoms with Crippen LogP contribution in [0, 0.1) is 0 Å². The number of rotatable bonds is 6. The van der Waals surface area contributed by atoms with E-state index in [2.05, 4.69) is 42.3 Å². The van der Waals surface area contributed by atoms with Crippen molar-refractivity contribution in [3.8, 4) is 0 Å². The minimum Gasteiger partial charge on any atom is -0.376 e. The van der Waals surface area contributed by atoms with Crippen LogP contribution in [-0.2, 0) is 11.2 Å². The fraction of sp³-hybridized carbons (Fsp3) is 0.350. The third-order valence-corrected chi connectivity index (χ3v) is 4.63. The standard InChI is InChI=1S/C20H25N3O/c1-3-22(4-2)18-11-9-17(10-12-18)21-15-20(24)23-14-13-16-7-5-6-8-19(16)23/h5-12,21H,3-4,13-15H2,1-2H3. The molecule has 0 aliphatic carbocycles. The highest BCUT2D eigenvalue weighted by Crippen LogP contribution is 2.27. The van der Waals surface area contributed by atoms with Crippen LogP contribution in [0.4, 0.5) is 17.1 Å². The molecule has 126 valence electrons. The zero-order valence-corrected chi connectivity index (χ0v) is 14.5. The molecule has 1 heterocycles. The van der Waals surface area contributed by atoms with Crippen molar-refractivity contribution in [3.63, 3.8) is 0 Å². The quantitative estimate of drug-likeness (QED) is 0.883. The van der Waals surface area contributed by atoms with Crippen molar-refractivity contribution >= 4 is 23.0 Å². The maximum Gasteiger partial charge on any atom is 0.246 e. The lowest BCUT2D eigenvalue weighted by Crippen LogP contribution is -2.34. The molecule has 0 radical (unpaired) electrons. The first-order valence-electron chi connectivity index (χ1n) is 8.70. The molecule has 4 nitrogen and oxygen atoms in total. The highest BCUT2D eigenvalue weighted by atomic mass is 16.2. The molecule has 4 heteroatoms. The van der Waals surface area contributed by atoms with E-state index in [0.717, 1.165) is 37.4 Å². The van der Waals surface area contributed by atoms with Crippen LogP contribution in [-0.4, -0.2) is 32.1 Å². The Morgan fingerprint density at radius 3 is 2.50 bits per heavy atom. The van der Waals surface area contributed by atoms with Crippen molar-refractivity contribution in [2.75, 3.05) is 41.3 Å². The van der Waals surface area contributed by atoms with Gasteiger partial charge in [-0.25, -0.2) is 0 Å². The molecule has 24 heavy (non-hydrogen) atoms. The average Bonchev–Trinajstić information content (AvgIpc) is 3.06. The van der Waals surface area contributed by atoms with Gasteiger partial charge < -0.3 is 15.1 Å². The zero-order valence-electron chi connectivity index (χ0n) is 14.5. The van der Waals surface area contributed by atoms with Crippen molar-refractivity contribution in [3.05, 3.63) is 54.1 Å². The second-order valence-electron chi connectivity index (χ2n) is 6.00. The summed E-state index contributed by atoms with van der Waals surface area (Å²) in [6, 6.07) is 16.4. The number of anilines is 3. The van der Waals surface area contributed by atoms with E-state index in [1.165, 1.54) is 11.3 Å². The van der Waals surface area contributed by atoms with Gasteiger partial charge in [-0.2, -0.15) is 0 Å². The molecular weight excluding hydrogens is 298 g/mol. The SMILES string of the molecule is CCN(CC)c1ccc(NCC(=O)N2CCc3ccccc32)cc1. The molecule has 1 amide bonds. The summed E-state index contributed by atoms with van der Waals surface area (Å²) in [6.45, 7) is 7.40. The molecule has 1 aliphatic heterocycles. The van der Waals surface area contributed by atoms with Gasteiger partial charge >= 0.3 is 0 Å². The van der Waals surface area contributed by atoms with Crippen LogP contribution >= 0.6 is 0 Å². The first-order chi connectivity index (χ1) is 11.7. The number of carbonyl (C=O) groups excluding carboxylic acids is 1. The van der Waals surface area contributed by atoms with Crippen LogP contribution < -0.4 is 15.1 Å². The number of nitrogens with one attached hydrogen (secondary N) is 1. The molecule has 0 unspecified atom stereocenters. The van der Waals surface area contributed by atoms with Crippen molar-refractivity contribution < 1.29 is 4.79 Å². The van der Waals surface area contributed by atoms with Gasteiger partial charge in [-0.05, 0) is 56.2 Å². The van der Waals surface area contributed by atoms with E-state index in [4.69, 9.17) is 0 Å². The van der Waals surface area contributed by atoms with Gasteiger partial charge in [0.15, 0.2) is 0 Å². The molecule has 0 aromatic heterocycles. The highest BCUT2D eigenvalue weighted by Gasteiger charge is 2.23. The van der Waals surface area contributed by atoms with Gasteiger partial charge in [-0.1, -0.05) is 18.2 Å². The number of benzene rings is 2. The second kappa shape index (κ2) is 7.39. The van der Waals surface area contributed by atoms with Gasteiger partial charge in [0, 0.05) is 36.7 Å². The number of para-hydroxylation sites is 1. The highest BCUT2D eigenvalue weighted by molar-refractivity contribution is 5.98. The summed E-state index contributed by atoms with van der Waals surface area (Å²) in [6.07, 6.45) is 0.945. The lowest BCUT2D eigenvalue weighted by atomic mass is 10.2. The molecular formula is C20H25N3O. The van der Waals surface area contributed by atoms with E-state index in [0.29, 0.717) is 6.54 Å². The second-order valence-corrected chi connectivity index (χ2v) is 6.00. The molecule has 1 aliphatic rings. The molecule has 0 bridgehead atoms. The maximum absolute atomic E-state index is 12.5. The lowest BCUT2D eigenvalue weighted by molar-refractivity contribution is -0.116. The van der Waals surface area contributed by atoms with Crippen LogP contribution in [0.5, 0.6) is 0 Å². The van der Waals surface area contributed by atoms with Gasteiger partial charge in [0.2, 0.25) is 5.91 Å². The fourth-order valence-corrected chi connectivity index (χ4v) is 3.25. The molecule has 3 rings (SSSR count). The van der Waals surface area contributed by atoms with Crippen molar-refractivity contribution in [2.24, 2.45) is 0 Å². The van der Waals surface area contributed by atoms with Gasteiger partial charge in [0.25, 0.3) is 0 Å². The zero-order chi connectivity index (χ0) is 16.9. The van der Waals surface area contributed by atoms with E-state index < -0.39 is 0 Å². The van der Waals surface area contributed by atoms with Crippen LogP contribution in [0.2, 0.25) is 0 Å². The summed E-state index contributed by atoms with van der Waals surface area (Å²) >= 11 is 0. The number of hydrogen-bond donors (Lipinski definition) is 1. The average molecular weight is 323 g/mol. The molecule has 0 saturated carbocycles. The molecule has 0 atom stereocenters. The van der Waals surface area contributed by atoms with E-state index in [9.17, 15) is 4.79 Å². The largest absolute Gasteiger partial charge is 0.376 e. The van der Waals surface area contributed by atoms with Crippen LogP contribution in [0.25, 0.3) is 0 Å². The third kappa shape index (κ3) is 3.37. The van der Waals surface area contributed by atoms with E-state index in [-0.39, 0.29) is 5.91 Å². The molecule has 0 spiro atoms. The van der Waals surface area contributed by atoms with Crippen molar-refractivity contribution in [1.29, 1.82) is 0 Å². The Bertz CT molecular complexity index is 692. The summed E-state index contributed by atoms with van der Waals surface area (Å²) < 4.78 is 0. The number of amides is 1. The monoisotopic (exact) mass is 323 g/mol. The number of nitrogens with zero attached hydrogens (tertiary/aromatic N) is 2. The van der Waals surface area contributed by atoms with Crippen molar-refractivity contribution in [1.82, 2.24) is 0 Å². The van der Waals surface area contributed by atoms with Gasteiger partial charge in [0.1, 0.15) is 0 Å². The molecule has 0 saturated heterocycles. The van der Waals surface area contributed by atoms with E-state index >= 15 is 0 Å². The van der Waals surface area contributed by atoms with Gasteiger partial charge in [0.05, 0.1) is 6.54 Å². The Balaban J connectivity index is 1.59. The Kier molecular flexibility index (Phi) is 5.04. The Morgan fingerprint density at radius 2 is 1.79 bits per heavy atom. The summed E-state index contributed by atoms with van der Waals surface area (Å²) in [7, 11) is 0. The Morgan fingerprint density at radius 1 is 1.08 bits per heavy atom. The molecule has 0 fully saturated rings. The first-order valence-corrected chi connectivity index (χ1v) is 8.70. The summed E-state index contributed by atoms with van der Waals surface area (Å²) in [5.41, 5.74) is 4.51. The summed E-state index contributed by atoms with van der Waals surface area (Å²) in [5, 5.41) is 3.24. The number of carbonyl (C=O) groups is 1. The van der Waals surface area contributed by atoms with Crippen LogP contribution in [0.15, 0.2) is 48.5 Å². The van der Waals surface area contributed by atoms with E-state index in [1.54, 1.807) is 0 Å². The lowest BCUT2D eigenvalue weighted by Gasteiger charge is -2.21. The normalized spacial score (nSPS) is 12.8. The maximum atomic E-state index is 12.5. The fourth-order valence-electron chi connectivity index (χ4n) is 3.25. The predicted molar refractivity (Wildman–Crippen MR) is 101 cm³/mol. The first kappa shape index (κ1) is 16.4. The predicted octanol–water partition coefficient (Wildman–Crippen LogP) is 3.53. The Labute approximate surface area is 144 Å². The Hall–Kier alpha value is -2.49. The van der Waals surface area contributed by atoms with Gasteiger partial charge in [-0.15, -0.1) is 0 Å². The van der Waals surface area contributed by atoms with E-state index in [1.807, 2.05) is 35.2 Å². The van der Waals surface area contributed by atoms with Crippen molar-refractivity contribution in [2.45, 2.75) is 20.3 Å². The minimum absolute atomic E-state index is 0.118. The van der Waals surface area contributed by atoms with Crippen LogP contribution in [0.1, 0.15) is 19.4 Å². The summed E-state index contributed by atoms with van der Waals surface area (Å²) in [4.78, 5) is 16.7. The molecule has 2 aromatic carbocycles. The number of hydrogen-bond acceptors (Lipinski definition) is 3. The smallest absolute Gasteiger partial charge is 0.246 e. The third-order valence-electron chi connectivity index (χ3n) is 4.63. The van der Waals surface area contributed by atoms with Gasteiger partial charge in [-0.3, -0.25) is 4.79 Å².